The smallest absolute Gasteiger partial charge is 0.228 e. The lowest BCUT2D eigenvalue weighted by molar-refractivity contribution is -0.155. The predicted octanol–water partition coefficient (Wildman–Crippen LogP) is 1.67. The second-order valence-electron chi connectivity index (χ2n) is 7.49. The number of carbonyl (C=O) groups excluding carboxylic acids is 1. The normalized spacial score (nSPS) is 53.8. The van der Waals surface area contributed by atoms with Crippen molar-refractivity contribution in [2.45, 2.75) is 44.9 Å². The Bertz CT molecular complexity index is 357. The molecule has 1 heterocycles. The third-order valence-electron chi connectivity index (χ3n) is 6.67. The Morgan fingerprint density at radius 1 is 1.11 bits per heavy atom. The zero-order chi connectivity index (χ0) is 12.4. The largest absolute Gasteiger partial charge is 0.356 e. The first-order valence-electron chi connectivity index (χ1n) is 7.66. The highest BCUT2D eigenvalue weighted by Gasteiger charge is 2.63. The van der Waals surface area contributed by atoms with Crippen LogP contribution in [0.1, 0.15) is 44.9 Å². The number of hydrogen-bond acceptors (Lipinski definition) is 2. The molecular formula is C15H24N2O. The van der Waals surface area contributed by atoms with E-state index in [1.165, 1.54) is 38.5 Å². The first-order valence-corrected chi connectivity index (χ1v) is 7.66. The van der Waals surface area contributed by atoms with Gasteiger partial charge in [0, 0.05) is 13.1 Å². The highest BCUT2D eigenvalue weighted by atomic mass is 16.2. The van der Waals surface area contributed by atoms with Crippen LogP contribution in [0.4, 0.5) is 0 Å². The van der Waals surface area contributed by atoms with Crippen molar-refractivity contribution < 1.29 is 4.79 Å². The lowest BCUT2D eigenvalue weighted by atomic mass is 9.42. The molecule has 3 heteroatoms. The summed E-state index contributed by atoms with van der Waals surface area (Å²) in [6.07, 6.45) is 9.12. The van der Waals surface area contributed by atoms with E-state index in [9.17, 15) is 4.79 Å². The third kappa shape index (κ3) is 1.21. The maximum atomic E-state index is 12.5. The van der Waals surface area contributed by atoms with Crippen LogP contribution in [-0.4, -0.2) is 19.0 Å². The van der Waals surface area contributed by atoms with E-state index in [1.807, 2.05) is 0 Å². The molecule has 1 saturated heterocycles. The number of nitrogens with two attached hydrogens (primary N) is 1. The van der Waals surface area contributed by atoms with Gasteiger partial charge in [-0.15, -0.1) is 0 Å². The lowest BCUT2D eigenvalue weighted by Gasteiger charge is -2.62. The molecular weight excluding hydrogens is 224 g/mol. The molecule has 4 aliphatic carbocycles. The van der Waals surface area contributed by atoms with Crippen molar-refractivity contribution in [3.05, 3.63) is 0 Å². The van der Waals surface area contributed by atoms with Crippen molar-refractivity contribution in [1.82, 2.24) is 5.32 Å². The molecule has 100 valence electrons. The molecule has 0 radical (unpaired) electrons. The van der Waals surface area contributed by atoms with E-state index >= 15 is 0 Å². The van der Waals surface area contributed by atoms with Gasteiger partial charge in [-0.2, -0.15) is 0 Å². The van der Waals surface area contributed by atoms with E-state index in [4.69, 9.17) is 5.73 Å². The van der Waals surface area contributed by atoms with Gasteiger partial charge < -0.3 is 11.1 Å². The summed E-state index contributed by atoms with van der Waals surface area (Å²) in [6, 6.07) is 0. The van der Waals surface area contributed by atoms with E-state index in [-0.39, 0.29) is 16.7 Å². The van der Waals surface area contributed by atoms with Crippen LogP contribution in [0, 0.1) is 28.6 Å². The Balaban J connectivity index is 1.76. The molecule has 0 aromatic heterocycles. The molecule has 5 fully saturated rings. The van der Waals surface area contributed by atoms with Crippen LogP contribution in [0.5, 0.6) is 0 Å². The maximum Gasteiger partial charge on any atom is 0.228 e. The molecule has 4 bridgehead atoms. The molecule has 3 N–H and O–H groups in total. The summed E-state index contributed by atoms with van der Waals surface area (Å²) in [6.45, 7) is 1.41. The summed E-state index contributed by atoms with van der Waals surface area (Å²) in [5.74, 6) is 2.96. The van der Waals surface area contributed by atoms with Gasteiger partial charge in [0.1, 0.15) is 0 Å². The summed E-state index contributed by atoms with van der Waals surface area (Å²) in [7, 11) is 0. The van der Waals surface area contributed by atoms with Crippen molar-refractivity contribution >= 4 is 5.91 Å². The van der Waals surface area contributed by atoms with E-state index in [0.29, 0.717) is 6.54 Å². The minimum Gasteiger partial charge on any atom is -0.356 e. The van der Waals surface area contributed by atoms with Gasteiger partial charge in [0.15, 0.2) is 0 Å². The van der Waals surface area contributed by atoms with Gasteiger partial charge in [-0.05, 0) is 68.1 Å². The summed E-state index contributed by atoms with van der Waals surface area (Å²) < 4.78 is 0. The quantitative estimate of drug-likeness (QED) is 0.781. The zero-order valence-electron chi connectivity index (χ0n) is 11.1. The van der Waals surface area contributed by atoms with E-state index in [1.54, 1.807) is 0 Å². The second kappa shape index (κ2) is 3.50. The summed E-state index contributed by atoms with van der Waals surface area (Å²) in [5.41, 5.74) is 6.16. The molecule has 18 heavy (non-hydrogen) atoms. The molecule has 0 spiro atoms. The van der Waals surface area contributed by atoms with Crippen LogP contribution in [-0.2, 0) is 4.79 Å². The molecule has 3 nitrogen and oxygen atoms in total. The van der Waals surface area contributed by atoms with Crippen LogP contribution in [0.25, 0.3) is 0 Å². The van der Waals surface area contributed by atoms with Crippen LogP contribution in [0.2, 0.25) is 0 Å². The zero-order valence-corrected chi connectivity index (χ0v) is 11.1. The average Bonchev–Trinajstić information content (AvgIpc) is 2.70. The van der Waals surface area contributed by atoms with Crippen LogP contribution in [0.3, 0.4) is 0 Å². The van der Waals surface area contributed by atoms with Gasteiger partial charge in [0.2, 0.25) is 5.91 Å². The molecule has 1 amide bonds. The number of hydrogen-bond donors (Lipinski definition) is 2. The molecule has 5 aliphatic rings. The first kappa shape index (κ1) is 11.3. The Morgan fingerprint density at radius 3 is 2.06 bits per heavy atom. The van der Waals surface area contributed by atoms with E-state index in [2.05, 4.69) is 5.32 Å². The Hall–Kier alpha value is -0.570. The molecule has 5 rings (SSSR count). The topological polar surface area (TPSA) is 55.1 Å². The summed E-state index contributed by atoms with van der Waals surface area (Å²) >= 11 is 0. The average molecular weight is 248 g/mol. The maximum absolute atomic E-state index is 12.5. The number of carbonyl (C=O) groups is 1. The Kier molecular flexibility index (Phi) is 2.19. The number of amides is 1. The van der Waals surface area contributed by atoms with Gasteiger partial charge >= 0.3 is 0 Å². The lowest BCUT2D eigenvalue weighted by Crippen LogP contribution is -2.59. The monoisotopic (exact) mass is 248 g/mol. The fraction of sp³-hybridized carbons (Fsp3) is 0.933. The van der Waals surface area contributed by atoms with E-state index < -0.39 is 0 Å². The van der Waals surface area contributed by atoms with Gasteiger partial charge in [0.05, 0.1) is 5.41 Å². The second-order valence-corrected chi connectivity index (χ2v) is 7.49. The number of rotatable bonds is 2. The van der Waals surface area contributed by atoms with Gasteiger partial charge in [0.25, 0.3) is 0 Å². The molecule has 0 aromatic rings. The molecule has 1 aliphatic heterocycles. The Labute approximate surface area is 109 Å². The summed E-state index contributed by atoms with van der Waals surface area (Å²) in [5, 5.41) is 3.07. The molecule has 1 atom stereocenters. The number of nitrogens with one attached hydrogen (secondary N) is 1. The van der Waals surface area contributed by atoms with Crippen LogP contribution >= 0.6 is 0 Å². The van der Waals surface area contributed by atoms with Crippen molar-refractivity contribution in [2.75, 3.05) is 13.1 Å². The highest BCUT2D eigenvalue weighted by Crippen LogP contribution is 2.67. The van der Waals surface area contributed by atoms with Crippen LogP contribution < -0.4 is 11.1 Å². The fourth-order valence-electron chi connectivity index (χ4n) is 6.29. The fourth-order valence-corrected chi connectivity index (χ4v) is 6.29. The minimum atomic E-state index is -0.219. The SMILES string of the molecule is NCC1(C23CC4CC(CC(C4)C2)C3)CCNC1=O. The van der Waals surface area contributed by atoms with E-state index in [0.717, 1.165) is 30.7 Å². The van der Waals surface area contributed by atoms with Gasteiger partial charge in [-0.25, -0.2) is 0 Å². The first-order chi connectivity index (χ1) is 8.67. The molecule has 1 unspecified atom stereocenters. The Morgan fingerprint density at radius 2 is 1.67 bits per heavy atom. The van der Waals surface area contributed by atoms with Crippen LogP contribution in [0.15, 0.2) is 0 Å². The van der Waals surface area contributed by atoms with Crippen molar-refractivity contribution in [3.8, 4) is 0 Å². The van der Waals surface area contributed by atoms with Gasteiger partial charge in [-0.1, -0.05) is 0 Å². The van der Waals surface area contributed by atoms with Crippen molar-refractivity contribution in [3.63, 3.8) is 0 Å². The van der Waals surface area contributed by atoms with Gasteiger partial charge in [-0.3, -0.25) is 4.79 Å². The standard InChI is InChI=1S/C15H24N2O/c16-9-15(1-2-17-13(15)18)14-6-10-3-11(7-14)5-12(4-10)8-14/h10-12H,1-9,16H2,(H,17,18). The summed E-state index contributed by atoms with van der Waals surface area (Å²) in [4.78, 5) is 12.5. The highest BCUT2D eigenvalue weighted by molar-refractivity contribution is 5.86. The third-order valence-corrected chi connectivity index (χ3v) is 6.67. The van der Waals surface area contributed by atoms with Crippen molar-refractivity contribution in [2.24, 2.45) is 34.3 Å². The molecule has 0 aromatic carbocycles. The predicted molar refractivity (Wildman–Crippen MR) is 69.7 cm³/mol. The van der Waals surface area contributed by atoms with Crippen molar-refractivity contribution in [1.29, 1.82) is 0 Å². The molecule has 4 saturated carbocycles. The minimum absolute atomic E-state index is 0.219.